The second-order valence-corrected chi connectivity index (χ2v) is 5.30. The lowest BCUT2D eigenvalue weighted by Gasteiger charge is -2.28. The largest absolute Gasteiger partial charge is 0.480 e. The van der Waals surface area contributed by atoms with Gasteiger partial charge >= 0.3 is 5.97 Å². The number of hydrogen-bond acceptors (Lipinski definition) is 3. The van der Waals surface area contributed by atoms with E-state index in [1.165, 1.54) is 4.90 Å². The van der Waals surface area contributed by atoms with Gasteiger partial charge in [0, 0.05) is 13.2 Å². The predicted molar refractivity (Wildman–Crippen MR) is 77.9 cm³/mol. The number of carboxylic acids is 1. The molecule has 1 aliphatic rings. The zero-order chi connectivity index (χ0) is 15.1. The number of amides is 1. The molecule has 1 amide bonds. The van der Waals surface area contributed by atoms with Crippen molar-refractivity contribution in [1.82, 2.24) is 4.90 Å². The van der Waals surface area contributed by atoms with Gasteiger partial charge < -0.3 is 14.7 Å². The minimum Gasteiger partial charge on any atom is -0.480 e. The van der Waals surface area contributed by atoms with Crippen LogP contribution in [0.4, 0.5) is 0 Å². The highest BCUT2D eigenvalue weighted by molar-refractivity contribution is 5.83. The molecule has 21 heavy (non-hydrogen) atoms. The van der Waals surface area contributed by atoms with Crippen LogP contribution in [-0.2, 0) is 20.7 Å². The molecular weight excluding hydrogens is 270 g/mol. The van der Waals surface area contributed by atoms with Gasteiger partial charge in [-0.05, 0) is 24.8 Å². The van der Waals surface area contributed by atoms with E-state index < -0.39 is 5.97 Å². The number of aliphatic carboxylic acids is 1. The summed E-state index contributed by atoms with van der Waals surface area (Å²) in [6.07, 6.45) is 2.30. The molecule has 1 saturated heterocycles. The highest BCUT2D eigenvalue weighted by Crippen LogP contribution is 2.17. The monoisotopic (exact) mass is 291 g/mol. The zero-order valence-electron chi connectivity index (χ0n) is 12.0. The number of benzene rings is 1. The first kappa shape index (κ1) is 15.5. The summed E-state index contributed by atoms with van der Waals surface area (Å²) >= 11 is 0. The van der Waals surface area contributed by atoms with Crippen molar-refractivity contribution >= 4 is 11.9 Å². The van der Waals surface area contributed by atoms with Crippen LogP contribution in [0.25, 0.3) is 0 Å². The van der Waals surface area contributed by atoms with Crippen LogP contribution in [0.3, 0.4) is 0 Å². The molecule has 0 radical (unpaired) electrons. The average molecular weight is 291 g/mol. The van der Waals surface area contributed by atoms with Crippen LogP contribution >= 0.6 is 0 Å². The topological polar surface area (TPSA) is 66.8 Å². The number of rotatable bonds is 6. The Morgan fingerprint density at radius 1 is 1.29 bits per heavy atom. The van der Waals surface area contributed by atoms with Gasteiger partial charge in [0.25, 0.3) is 0 Å². The molecule has 2 rings (SSSR count). The number of carboxylic acid groups (broad SMARTS) is 1. The molecule has 1 aromatic carbocycles. The van der Waals surface area contributed by atoms with Gasteiger partial charge in [0.05, 0.1) is 12.5 Å². The van der Waals surface area contributed by atoms with Crippen molar-refractivity contribution in [2.24, 2.45) is 5.92 Å². The maximum absolute atomic E-state index is 12.4. The summed E-state index contributed by atoms with van der Waals surface area (Å²) in [6.45, 7) is 1.26. The van der Waals surface area contributed by atoms with E-state index in [1.54, 1.807) is 0 Å². The third kappa shape index (κ3) is 4.86. The van der Waals surface area contributed by atoms with Gasteiger partial charge in [-0.3, -0.25) is 9.59 Å². The van der Waals surface area contributed by atoms with E-state index >= 15 is 0 Å². The van der Waals surface area contributed by atoms with E-state index in [1.807, 2.05) is 30.3 Å². The summed E-state index contributed by atoms with van der Waals surface area (Å²) in [5.74, 6) is -1.28. The number of ether oxygens (including phenoxy) is 1. The highest BCUT2D eigenvalue weighted by atomic mass is 16.5. The van der Waals surface area contributed by atoms with Crippen LogP contribution in [0.1, 0.15) is 18.4 Å². The lowest BCUT2D eigenvalue weighted by molar-refractivity contribution is -0.148. The van der Waals surface area contributed by atoms with Gasteiger partial charge in [-0.15, -0.1) is 0 Å². The highest BCUT2D eigenvalue weighted by Gasteiger charge is 2.27. The molecule has 0 spiro atoms. The summed E-state index contributed by atoms with van der Waals surface area (Å²) in [4.78, 5) is 24.9. The van der Waals surface area contributed by atoms with Gasteiger partial charge in [0.1, 0.15) is 6.54 Å². The third-order valence-corrected chi connectivity index (χ3v) is 3.66. The standard InChI is InChI=1S/C16H21NO4/c18-15(19)11-17(9-8-13-5-2-1-3-6-13)16(20)14-7-4-10-21-12-14/h1-3,5-6,14H,4,7-12H2,(H,18,19). The van der Waals surface area contributed by atoms with Gasteiger partial charge in [0.15, 0.2) is 0 Å². The summed E-state index contributed by atoms with van der Waals surface area (Å²) in [5, 5.41) is 9.00. The Hall–Kier alpha value is -1.88. The Kier molecular flexibility index (Phi) is 5.75. The molecule has 114 valence electrons. The zero-order valence-corrected chi connectivity index (χ0v) is 12.0. The van der Waals surface area contributed by atoms with E-state index in [0.29, 0.717) is 26.2 Å². The van der Waals surface area contributed by atoms with Gasteiger partial charge in [-0.1, -0.05) is 30.3 Å². The lowest BCUT2D eigenvalue weighted by atomic mass is 10.0. The molecule has 0 saturated carbocycles. The number of hydrogen-bond donors (Lipinski definition) is 1. The lowest BCUT2D eigenvalue weighted by Crippen LogP contribution is -2.43. The SMILES string of the molecule is O=C(O)CN(CCc1ccccc1)C(=O)C1CCCOC1. The first-order valence-corrected chi connectivity index (χ1v) is 7.29. The van der Waals surface area contributed by atoms with Crippen LogP contribution in [0.2, 0.25) is 0 Å². The van der Waals surface area contributed by atoms with E-state index in [4.69, 9.17) is 9.84 Å². The van der Waals surface area contributed by atoms with Gasteiger partial charge in [0.2, 0.25) is 5.91 Å². The van der Waals surface area contributed by atoms with Crippen LogP contribution in [0.5, 0.6) is 0 Å². The first-order valence-electron chi connectivity index (χ1n) is 7.29. The molecule has 5 nitrogen and oxygen atoms in total. The number of carbonyl (C=O) groups excluding carboxylic acids is 1. The van der Waals surface area contributed by atoms with Crippen LogP contribution in [0, 0.1) is 5.92 Å². The Morgan fingerprint density at radius 3 is 2.67 bits per heavy atom. The number of carbonyl (C=O) groups is 2. The summed E-state index contributed by atoms with van der Waals surface area (Å²) in [7, 11) is 0. The molecule has 1 N–H and O–H groups in total. The van der Waals surface area contributed by atoms with Crippen LogP contribution in [-0.4, -0.2) is 48.2 Å². The molecule has 1 unspecified atom stereocenters. The Morgan fingerprint density at radius 2 is 2.05 bits per heavy atom. The molecule has 0 aromatic heterocycles. The van der Waals surface area contributed by atoms with Crippen LogP contribution < -0.4 is 0 Å². The van der Waals surface area contributed by atoms with Crippen molar-refractivity contribution in [2.75, 3.05) is 26.3 Å². The number of nitrogens with zero attached hydrogens (tertiary/aromatic N) is 1. The van der Waals surface area contributed by atoms with Crippen molar-refractivity contribution in [2.45, 2.75) is 19.3 Å². The normalized spacial score (nSPS) is 18.2. The molecule has 0 bridgehead atoms. The van der Waals surface area contributed by atoms with Crippen LogP contribution in [0.15, 0.2) is 30.3 Å². The average Bonchev–Trinajstić information content (AvgIpc) is 2.52. The molecule has 1 aromatic rings. The molecule has 5 heteroatoms. The molecule has 1 aliphatic heterocycles. The minimum absolute atomic E-state index is 0.104. The molecular formula is C16H21NO4. The van der Waals surface area contributed by atoms with Crippen molar-refractivity contribution in [3.8, 4) is 0 Å². The van der Waals surface area contributed by atoms with E-state index in [0.717, 1.165) is 18.4 Å². The molecule has 1 fully saturated rings. The Balaban J connectivity index is 1.96. The molecule has 1 heterocycles. The Bertz CT molecular complexity index is 468. The first-order chi connectivity index (χ1) is 10.2. The minimum atomic E-state index is -0.979. The second kappa shape index (κ2) is 7.78. The fourth-order valence-electron chi connectivity index (χ4n) is 2.53. The van der Waals surface area contributed by atoms with Crippen molar-refractivity contribution in [1.29, 1.82) is 0 Å². The molecule has 0 aliphatic carbocycles. The maximum atomic E-state index is 12.4. The van der Waals surface area contributed by atoms with E-state index in [2.05, 4.69) is 0 Å². The summed E-state index contributed by atoms with van der Waals surface area (Å²) in [5.41, 5.74) is 1.10. The van der Waals surface area contributed by atoms with Crippen molar-refractivity contribution in [3.05, 3.63) is 35.9 Å². The third-order valence-electron chi connectivity index (χ3n) is 3.66. The van der Waals surface area contributed by atoms with Gasteiger partial charge in [-0.25, -0.2) is 0 Å². The Labute approximate surface area is 124 Å². The van der Waals surface area contributed by atoms with Crippen molar-refractivity contribution in [3.63, 3.8) is 0 Å². The second-order valence-electron chi connectivity index (χ2n) is 5.30. The van der Waals surface area contributed by atoms with Crippen molar-refractivity contribution < 1.29 is 19.4 Å². The fourth-order valence-corrected chi connectivity index (χ4v) is 2.53. The summed E-state index contributed by atoms with van der Waals surface area (Å²) < 4.78 is 5.33. The van der Waals surface area contributed by atoms with E-state index in [-0.39, 0.29) is 18.4 Å². The fraction of sp³-hybridized carbons (Fsp3) is 0.500. The maximum Gasteiger partial charge on any atom is 0.323 e. The van der Waals surface area contributed by atoms with Gasteiger partial charge in [-0.2, -0.15) is 0 Å². The quantitative estimate of drug-likeness (QED) is 0.864. The molecule has 1 atom stereocenters. The smallest absolute Gasteiger partial charge is 0.323 e. The summed E-state index contributed by atoms with van der Waals surface area (Å²) in [6, 6.07) is 9.77. The predicted octanol–water partition coefficient (Wildman–Crippen LogP) is 1.57. The van der Waals surface area contributed by atoms with E-state index in [9.17, 15) is 9.59 Å².